The van der Waals surface area contributed by atoms with Gasteiger partial charge in [-0.05, 0) is 0 Å². The maximum Gasteiger partial charge on any atom is -1.00 e. The van der Waals surface area contributed by atoms with Gasteiger partial charge in [0, 0.05) is 0 Å². The van der Waals surface area contributed by atoms with Gasteiger partial charge in [-0.3, -0.25) is 0 Å². The largest absolute Gasteiger partial charge is 1.00 e. The summed E-state index contributed by atoms with van der Waals surface area (Å²) in [4.78, 5) is 0. The minimum Gasteiger partial charge on any atom is -1.00 e. The third-order valence-corrected chi connectivity index (χ3v) is 9.71. The van der Waals surface area contributed by atoms with Crippen molar-refractivity contribution in [2.24, 2.45) is 0 Å². The third kappa shape index (κ3) is 9.54. The molecule has 0 aliphatic rings. The van der Waals surface area contributed by atoms with Crippen molar-refractivity contribution < 1.29 is 42.2 Å². The van der Waals surface area contributed by atoms with Crippen LogP contribution >= 0.6 is 0 Å². The Morgan fingerprint density at radius 3 is 1.35 bits per heavy atom. The molecule has 0 saturated heterocycles. The second kappa shape index (κ2) is 11.5. The van der Waals surface area contributed by atoms with Crippen LogP contribution in [0.2, 0.25) is 0 Å². The number of benzene rings is 2. The van der Waals surface area contributed by atoms with Gasteiger partial charge in [-0.2, -0.15) is 0 Å². The maximum absolute atomic E-state index is 3.87. The topological polar surface area (TPSA) is 24.1 Å². The quantitative estimate of drug-likeness (QED) is 0.535. The number of rotatable bonds is 10. The zero-order chi connectivity index (χ0) is 18.2. The summed E-state index contributed by atoms with van der Waals surface area (Å²) in [5.41, 5.74) is 3.28. The van der Waals surface area contributed by atoms with E-state index in [0.717, 1.165) is 12.8 Å². The molecular formula is C22H32FN2Nd. The van der Waals surface area contributed by atoms with Crippen LogP contribution < -0.4 is 7.50 Å². The van der Waals surface area contributed by atoms with Crippen LogP contribution in [0, 0.1) is 37.5 Å². The first-order valence-corrected chi connectivity index (χ1v) is 12.4. The van der Waals surface area contributed by atoms with Crippen LogP contribution in [0.4, 0.5) is 0 Å². The average Bonchev–Trinajstić information content (AvgIpc) is 2.60. The van der Waals surface area contributed by atoms with E-state index in [1.807, 2.05) is 0 Å². The van der Waals surface area contributed by atoms with Crippen LogP contribution in [0.25, 0.3) is 0 Å². The molecule has 2 aromatic carbocycles. The molecule has 26 heavy (non-hydrogen) atoms. The average molecular weight is 488 g/mol. The molecule has 0 saturated carbocycles. The fraction of sp³-hybridized carbons (Fsp3) is 0.455. The van der Waals surface area contributed by atoms with Crippen LogP contribution in [0.1, 0.15) is 51.7 Å². The molecular weight excluding hydrogens is 455 g/mol. The van der Waals surface area contributed by atoms with Crippen molar-refractivity contribution in [1.82, 2.24) is 2.80 Å². The van der Waals surface area contributed by atoms with E-state index in [4.69, 9.17) is 0 Å². The first kappa shape index (κ1) is 23.7. The number of hydrogen-bond donors (Lipinski definition) is 2. The van der Waals surface area contributed by atoms with Gasteiger partial charge in [-0.15, -0.1) is 0 Å². The van der Waals surface area contributed by atoms with Crippen molar-refractivity contribution in [3.63, 3.8) is 0 Å². The normalized spacial score (nSPS) is 11.5. The Balaban J connectivity index is 0.00000338. The van der Waals surface area contributed by atoms with E-state index in [0.29, 0.717) is 0 Å². The molecule has 0 atom stereocenters. The summed E-state index contributed by atoms with van der Waals surface area (Å²) in [6.45, 7) is 9.34. The second-order valence-corrected chi connectivity index (χ2v) is 10.5. The van der Waals surface area contributed by atoms with Crippen LogP contribution in [0.15, 0.2) is 60.7 Å². The SMILES string of the molecule is CC(C)(CCc1ccccc1)[NH][Nd+][NH]C(C)(C)CCc1ccccc1.[F-]. The Hall–Kier alpha value is -0.359. The zero-order valence-electron chi connectivity index (χ0n) is 16.5. The number of nitrogens with one attached hydrogen (secondary N) is 2. The van der Waals surface area contributed by atoms with Crippen molar-refractivity contribution in [3.8, 4) is 0 Å². The zero-order valence-corrected chi connectivity index (χ0v) is 19.7. The monoisotopic (exact) mass is 485 g/mol. The van der Waals surface area contributed by atoms with Crippen molar-refractivity contribution in [2.75, 3.05) is 0 Å². The number of hydrogen-bond acceptors (Lipinski definition) is 2. The van der Waals surface area contributed by atoms with E-state index in [2.05, 4.69) is 91.2 Å². The van der Waals surface area contributed by atoms with E-state index in [1.54, 1.807) is 0 Å². The fourth-order valence-corrected chi connectivity index (χ4v) is 5.87. The molecule has 2 nitrogen and oxygen atoms in total. The van der Waals surface area contributed by atoms with Gasteiger partial charge in [0.1, 0.15) is 0 Å². The second-order valence-electron chi connectivity index (χ2n) is 8.11. The molecule has 2 aromatic rings. The van der Waals surface area contributed by atoms with E-state index < -0.39 is 37.5 Å². The number of halogens is 1. The standard InChI is InChI=1S/2C11H16N.FH.Nd/c2*1-11(2,12)9-8-10-6-4-3-5-7-10;;/h2*3-7,12H,8-9H2,1-2H3;1H;/q2*-1;;+3/p-1. The molecule has 2 rings (SSSR count). The van der Waals surface area contributed by atoms with E-state index >= 15 is 0 Å². The van der Waals surface area contributed by atoms with Gasteiger partial charge in [0.2, 0.25) is 0 Å². The summed E-state index contributed by atoms with van der Waals surface area (Å²) in [5.74, 6) is 0. The molecule has 0 aromatic heterocycles. The summed E-state index contributed by atoms with van der Waals surface area (Å²) < 4.78 is 7.73. The van der Waals surface area contributed by atoms with Crippen molar-refractivity contribution in [3.05, 3.63) is 71.8 Å². The Morgan fingerprint density at radius 2 is 1.00 bits per heavy atom. The minimum absolute atomic E-state index is 0. The van der Waals surface area contributed by atoms with Gasteiger partial charge in [-0.1, -0.05) is 0 Å². The Bertz CT molecular complexity index is 559. The predicted octanol–water partition coefficient (Wildman–Crippen LogP) is 1.91. The molecule has 0 bridgehead atoms. The summed E-state index contributed by atoms with van der Waals surface area (Å²) in [6, 6.07) is 21.6. The van der Waals surface area contributed by atoms with E-state index in [-0.39, 0.29) is 15.8 Å². The first-order chi connectivity index (χ1) is 11.9. The molecule has 0 radical (unpaired) electrons. The third-order valence-electron chi connectivity index (χ3n) is 4.56. The molecule has 0 aliphatic heterocycles. The smallest absolute Gasteiger partial charge is 1.00 e. The Morgan fingerprint density at radius 1 is 0.654 bits per heavy atom. The predicted molar refractivity (Wildman–Crippen MR) is 104 cm³/mol. The van der Waals surface area contributed by atoms with Crippen LogP contribution in [0.3, 0.4) is 0 Å². The summed E-state index contributed by atoms with van der Waals surface area (Å²) in [7, 11) is 0. The minimum atomic E-state index is -1.03. The summed E-state index contributed by atoms with van der Waals surface area (Å²) in [5, 5.41) is 0. The van der Waals surface area contributed by atoms with Gasteiger partial charge in [0.05, 0.1) is 0 Å². The molecule has 4 heteroatoms. The van der Waals surface area contributed by atoms with E-state index in [9.17, 15) is 0 Å². The molecule has 0 spiro atoms. The van der Waals surface area contributed by atoms with Gasteiger partial charge in [-0.25, -0.2) is 0 Å². The maximum atomic E-state index is 3.87. The number of aryl methyl sites for hydroxylation is 2. The molecule has 0 unspecified atom stereocenters. The van der Waals surface area contributed by atoms with Crippen molar-refractivity contribution in [2.45, 2.75) is 64.5 Å². The molecule has 0 amide bonds. The molecule has 0 heterocycles. The van der Waals surface area contributed by atoms with Gasteiger partial charge in [0.15, 0.2) is 0 Å². The summed E-state index contributed by atoms with van der Waals surface area (Å²) in [6.07, 6.45) is 4.63. The van der Waals surface area contributed by atoms with Gasteiger partial charge in [0.25, 0.3) is 0 Å². The van der Waals surface area contributed by atoms with Crippen molar-refractivity contribution >= 4 is 0 Å². The Kier molecular flexibility index (Phi) is 10.5. The fourth-order valence-electron chi connectivity index (χ4n) is 2.70. The van der Waals surface area contributed by atoms with E-state index in [1.165, 1.54) is 24.0 Å². The van der Waals surface area contributed by atoms with Gasteiger partial charge < -0.3 is 4.70 Å². The summed E-state index contributed by atoms with van der Waals surface area (Å²) >= 11 is -1.03. The molecule has 2 N–H and O–H groups in total. The van der Waals surface area contributed by atoms with Crippen LogP contribution in [0.5, 0.6) is 0 Å². The van der Waals surface area contributed by atoms with Crippen molar-refractivity contribution in [1.29, 1.82) is 0 Å². The molecule has 141 valence electrons. The van der Waals surface area contributed by atoms with Crippen LogP contribution in [-0.2, 0) is 12.8 Å². The van der Waals surface area contributed by atoms with Gasteiger partial charge >= 0.3 is 177 Å². The molecule has 0 aliphatic carbocycles. The first-order valence-electron chi connectivity index (χ1n) is 9.24. The Labute approximate surface area is 180 Å². The molecule has 0 fully saturated rings. The van der Waals surface area contributed by atoms with Crippen LogP contribution in [-0.4, -0.2) is 11.1 Å².